The van der Waals surface area contributed by atoms with Gasteiger partial charge in [-0.15, -0.1) is 0 Å². The molecule has 0 aromatic heterocycles. The van der Waals surface area contributed by atoms with Gasteiger partial charge in [-0.3, -0.25) is 0 Å². The fourth-order valence-electron chi connectivity index (χ4n) is 15.4. The van der Waals surface area contributed by atoms with Crippen molar-refractivity contribution in [3.63, 3.8) is 0 Å². The van der Waals surface area contributed by atoms with Gasteiger partial charge in [-0.2, -0.15) is 0 Å². The topological polar surface area (TPSA) is 6.48 Å². The lowest BCUT2D eigenvalue weighted by atomic mass is 9.79. The molecule has 0 saturated heterocycles. The molecule has 2 aliphatic carbocycles. The summed E-state index contributed by atoms with van der Waals surface area (Å²) in [7, 11) is 0. The molecule has 18 rings (SSSR count). The number of nitrogens with zero attached hydrogens (tertiary/aromatic N) is 2. The quantitative estimate of drug-likeness (QED) is 0.158. The Kier molecular flexibility index (Phi) is 10.7. The molecule has 2 aliphatic heterocycles. The van der Waals surface area contributed by atoms with Gasteiger partial charge in [-0.05, 0) is 172 Å². The molecule has 0 bridgehead atoms. The molecule has 0 amide bonds. The van der Waals surface area contributed by atoms with Crippen LogP contribution in [0, 0.1) is 0 Å². The molecular weight excluding hydrogens is 1080 g/mol. The van der Waals surface area contributed by atoms with E-state index >= 15 is 0 Å². The Morgan fingerprint density at radius 2 is 0.477 bits per heavy atom. The predicted molar refractivity (Wildman–Crippen MR) is 366 cm³/mol. The SMILES string of the molecule is CC1(C)c2cc(-c3ccc4c(c3)C(C)(C)c3cc(-c5c6ccccc6c(N6c7ccccc7Sc7ccccc76)c6ccccc56)ccc3-4)ccc2-c2ccc(-c3c4ccccc4c(N4c5ccccc5Sc5ccccc54)c4ccccc34)cc21. The molecule has 0 spiro atoms. The third-order valence-electron chi connectivity index (χ3n) is 19.4. The van der Waals surface area contributed by atoms with E-state index in [2.05, 4.69) is 304 Å². The van der Waals surface area contributed by atoms with Gasteiger partial charge in [0.15, 0.2) is 0 Å². The number of hydrogen-bond donors (Lipinski definition) is 0. The van der Waals surface area contributed by atoms with E-state index in [1.165, 1.54) is 175 Å². The van der Waals surface area contributed by atoms with Gasteiger partial charge >= 0.3 is 0 Å². The summed E-state index contributed by atoms with van der Waals surface area (Å²) in [6.07, 6.45) is 0. The molecule has 0 radical (unpaired) electrons. The highest BCUT2D eigenvalue weighted by atomic mass is 32.2. The summed E-state index contributed by atoms with van der Waals surface area (Å²) >= 11 is 3.71. The molecular formula is C82H56N2S2. The lowest BCUT2D eigenvalue weighted by Crippen LogP contribution is -2.16. The minimum Gasteiger partial charge on any atom is -0.307 e. The monoisotopic (exact) mass is 1130 g/mol. The van der Waals surface area contributed by atoms with E-state index in [0.717, 1.165) is 0 Å². The summed E-state index contributed by atoms with van der Waals surface area (Å²) in [5.74, 6) is 0. The summed E-state index contributed by atoms with van der Waals surface area (Å²) in [4.78, 5) is 10.1. The van der Waals surface area contributed by atoms with E-state index in [0.29, 0.717) is 0 Å². The number of benzene rings is 14. The minimum atomic E-state index is -0.238. The smallest absolute Gasteiger partial charge is 0.0619 e. The second kappa shape index (κ2) is 18.5. The van der Waals surface area contributed by atoms with Crippen LogP contribution in [0.25, 0.3) is 98.7 Å². The van der Waals surface area contributed by atoms with Crippen LogP contribution in [0.15, 0.2) is 287 Å². The first-order valence-corrected chi connectivity index (χ1v) is 31.6. The van der Waals surface area contributed by atoms with Gasteiger partial charge in [0, 0.05) is 52.0 Å². The van der Waals surface area contributed by atoms with Crippen LogP contribution >= 0.6 is 23.5 Å². The van der Waals surface area contributed by atoms with Crippen molar-refractivity contribution in [1.29, 1.82) is 0 Å². The number of para-hydroxylation sites is 4. The maximum absolute atomic E-state index is 2.52. The van der Waals surface area contributed by atoms with Crippen molar-refractivity contribution in [2.45, 2.75) is 58.1 Å². The predicted octanol–water partition coefficient (Wildman–Crippen LogP) is 23.8. The lowest BCUT2D eigenvalue weighted by Gasteiger charge is -2.35. The zero-order chi connectivity index (χ0) is 57.2. The van der Waals surface area contributed by atoms with Gasteiger partial charge in [-0.1, -0.05) is 245 Å². The van der Waals surface area contributed by atoms with E-state index in [-0.39, 0.29) is 10.8 Å². The first-order chi connectivity index (χ1) is 42.2. The van der Waals surface area contributed by atoms with E-state index in [1.807, 2.05) is 23.5 Å². The third kappa shape index (κ3) is 7.06. The fraction of sp³-hybridized carbons (Fsp3) is 0.0732. The second-order valence-corrected chi connectivity index (χ2v) is 26.8. The van der Waals surface area contributed by atoms with Crippen molar-refractivity contribution in [2.24, 2.45) is 0 Å². The molecule has 406 valence electrons. The van der Waals surface area contributed by atoms with E-state index in [9.17, 15) is 0 Å². The maximum atomic E-state index is 2.52. The van der Waals surface area contributed by atoms with Crippen molar-refractivity contribution < 1.29 is 0 Å². The standard InChI is InChI=1S/C82H56N2S2/c1-81(2)65-45-49(37-41-53(65)55-43-39-51(47-67(55)81)77-57-21-5-9-25-61(57)79(62-26-10-6-22-58(62)77)83-69-29-13-17-33-73(69)85-74-34-18-14-30-70(74)83)50-38-42-54-56-44-40-52(48-68(56)82(3,4)66(54)46-50)78-59-23-7-11-27-63(59)80(64-28-12-8-24-60(64)78)84-71-31-15-19-35-75(71)86-76-36-20-16-32-72(76)84/h5-48H,1-4H3. The molecule has 4 heteroatoms. The summed E-state index contributed by atoms with van der Waals surface area (Å²) in [5.41, 5.74) is 25.2. The number of rotatable bonds is 5. The molecule has 14 aromatic rings. The van der Waals surface area contributed by atoms with Crippen LogP contribution in [0.4, 0.5) is 34.1 Å². The largest absolute Gasteiger partial charge is 0.307 e. The average molecular weight is 1130 g/mol. The Hall–Kier alpha value is -9.58. The van der Waals surface area contributed by atoms with Crippen molar-refractivity contribution in [3.05, 3.63) is 289 Å². The fourth-order valence-corrected chi connectivity index (χ4v) is 17.5. The maximum Gasteiger partial charge on any atom is 0.0619 e. The number of fused-ring (bicyclic) bond motifs is 14. The minimum absolute atomic E-state index is 0.238. The zero-order valence-corrected chi connectivity index (χ0v) is 49.7. The third-order valence-corrected chi connectivity index (χ3v) is 21.6. The normalized spacial score (nSPS) is 14.6. The lowest BCUT2D eigenvalue weighted by molar-refractivity contribution is 0.660. The average Bonchev–Trinajstić information content (AvgIpc) is 1.12. The van der Waals surface area contributed by atoms with Gasteiger partial charge in [0.05, 0.1) is 34.1 Å². The zero-order valence-electron chi connectivity index (χ0n) is 48.1. The molecule has 0 atom stereocenters. The Morgan fingerprint density at radius 3 is 0.767 bits per heavy atom. The van der Waals surface area contributed by atoms with Crippen LogP contribution in [0.5, 0.6) is 0 Å². The van der Waals surface area contributed by atoms with Crippen LogP contribution in [0.1, 0.15) is 49.9 Å². The van der Waals surface area contributed by atoms with E-state index in [1.54, 1.807) is 0 Å². The van der Waals surface area contributed by atoms with Gasteiger partial charge in [0.25, 0.3) is 0 Å². The highest BCUT2D eigenvalue weighted by molar-refractivity contribution is 8.00. The molecule has 0 unspecified atom stereocenters. The number of anilines is 6. The van der Waals surface area contributed by atoms with Gasteiger partial charge < -0.3 is 9.80 Å². The molecule has 14 aromatic carbocycles. The van der Waals surface area contributed by atoms with Crippen LogP contribution in [0.2, 0.25) is 0 Å². The molecule has 0 fully saturated rings. The summed E-state index contributed by atoms with van der Waals surface area (Å²) in [5, 5.41) is 9.98. The van der Waals surface area contributed by atoms with Gasteiger partial charge in [0.1, 0.15) is 0 Å². The van der Waals surface area contributed by atoms with Crippen LogP contribution in [-0.4, -0.2) is 0 Å². The summed E-state index contributed by atoms with van der Waals surface area (Å²) < 4.78 is 0. The second-order valence-electron chi connectivity index (χ2n) is 24.7. The molecule has 86 heavy (non-hydrogen) atoms. The van der Waals surface area contributed by atoms with Crippen molar-refractivity contribution in [3.8, 4) is 55.6 Å². The van der Waals surface area contributed by atoms with Crippen LogP contribution < -0.4 is 9.80 Å². The van der Waals surface area contributed by atoms with Crippen molar-refractivity contribution >= 4 is 101 Å². The Morgan fingerprint density at radius 1 is 0.244 bits per heavy atom. The molecule has 2 nitrogen and oxygen atoms in total. The summed E-state index contributed by atoms with van der Waals surface area (Å²) in [6, 6.07) is 101. The Balaban J connectivity index is 0.711. The molecule has 4 aliphatic rings. The first kappa shape index (κ1) is 49.8. The first-order valence-electron chi connectivity index (χ1n) is 30.0. The molecule has 0 saturated carbocycles. The van der Waals surface area contributed by atoms with E-state index < -0.39 is 0 Å². The highest BCUT2D eigenvalue weighted by Crippen LogP contribution is 2.60. The Labute approximate surface area is 510 Å². The van der Waals surface area contributed by atoms with Crippen molar-refractivity contribution in [1.82, 2.24) is 0 Å². The summed E-state index contributed by atoms with van der Waals surface area (Å²) in [6.45, 7) is 9.72. The highest BCUT2D eigenvalue weighted by Gasteiger charge is 2.39. The van der Waals surface area contributed by atoms with E-state index in [4.69, 9.17) is 0 Å². The molecule has 0 N–H and O–H groups in total. The molecule has 2 heterocycles. The number of hydrogen-bond acceptors (Lipinski definition) is 4. The Bertz CT molecular complexity index is 4750. The van der Waals surface area contributed by atoms with Crippen LogP contribution in [-0.2, 0) is 10.8 Å². The van der Waals surface area contributed by atoms with Crippen molar-refractivity contribution in [2.75, 3.05) is 9.80 Å². The van der Waals surface area contributed by atoms with Crippen LogP contribution in [0.3, 0.4) is 0 Å². The van der Waals surface area contributed by atoms with Gasteiger partial charge in [-0.25, -0.2) is 0 Å². The van der Waals surface area contributed by atoms with Gasteiger partial charge in [0.2, 0.25) is 0 Å².